The van der Waals surface area contributed by atoms with Gasteiger partial charge in [0, 0.05) is 23.3 Å². The number of carbonyl (C=O) groups is 2. The molecule has 0 aliphatic heterocycles. The normalized spacial score (nSPS) is 19.0. The fourth-order valence-corrected chi connectivity index (χ4v) is 3.22. The van der Waals surface area contributed by atoms with Gasteiger partial charge in [0.25, 0.3) is 0 Å². The molecule has 0 unspecified atom stereocenters. The van der Waals surface area contributed by atoms with E-state index in [1.54, 1.807) is 6.07 Å². The Labute approximate surface area is 143 Å². The van der Waals surface area contributed by atoms with Crippen molar-refractivity contribution in [3.05, 3.63) is 24.3 Å². The molecule has 2 aliphatic rings. The second kappa shape index (κ2) is 8.18. The fraction of sp³-hybridized carbons (Fsp3) is 0.579. The summed E-state index contributed by atoms with van der Waals surface area (Å²) in [5.74, 6) is 0.246. The molecule has 2 fully saturated rings. The van der Waals surface area contributed by atoms with Crippen LogP contribution in [0.4, 0.5) is 16.2 Å². The highest BCUT2D eigenvalue weighted by atomic mass is 16.2. The molecule has 5 heteroatoms. The molecule has 3 N–H and O–H groups in total. The van der Waals surface area contributed by atoms with Crippen molar-refractivity contribution in [2.24, 2.45) is 5.92 Å². The first-order valence-corrected chi connectivity index (χ1v) is 9.19. The average Bonchev–Trinajstić information content (AvgIpc) is 3.35. The highest BCUT2D eigenvalue weighted by Crippen LogP contribution is 2.30. The number of benzene rings is 1. The highest BCUT2D eigenvalue weighted by molar-refractivity contribution is 5.95. The molecule has 24 heavy (non-hydrogen) atoms. The average molecular weight is 329 g/mol. The number of amides is 3. The van der Waals surface area contributed by atoms with Crippen molar-refractivity contribution in [1.29, 1.82) is 0 Å². The molecule has 3 amide bonds. The van der Waals surface area contributed by atoms with E-state index in [1.165, 1.54) is 32.1 Å². The van der Waals surface area contributed by atoms with Crippen LogP contribution in [0.1, 0.15) is 57.8 Å². The van der Waals surface area contributed by atoms with Crippen LogP contribution in [-0.4, -0.2) is 18.0 Å². The van der Waals surface area contributed by atoms with Crippen LogP contribution in [0.15, 0.2) is 24.3 Å². The molecule has 3 rings (SSSR count). The van der Waals surface area contributed by atoms with E-state index in [2.05, 4.69) is 16.0 Å². The minimum absolute atomic E-state index is 0.0751. The summed E-state index contributed by atoms with van der Waals surface area (Å²) in [6.45, 7) is 0. The predicted octanol–water partition coefficient (Wildman–Crippen LogP) is 4.27. The number of hydrogen-bond donors (Lipinski definition) is 3. The third-order valence-electron chi connectivity index (χ3n) is 4.78. The van der Waals surface area contributed by atoms with Crippen molar-refractivity contribution in [2.45, 2.75) is 63.8 Å². The summed E-state index contributed by atoms with van der Waals surface area (Å²) in [7, 11) is 0. The van der Waals surface area contributed by atoms with Gasteiger partial charge in [-0.25, -0.2) is 4.79 Å². The number of anilines is 2. The number of urea groups is 1. The van der Waals surface area contributed by atoms with Gasteiger partial charge in [-0.3, -0.25) is 4.79 Å². The lowest BCUT2D eigenvalue weighted by Crippen LogP contribution is -2.38. The lowest BCUT2D eigenvalue weighted by atomic mass is 9.97. The molecule has 0 aromatic heterocycles. The first-order valence-electron chi connectivity index (χ1n) is 9.19. The zero-order valence-electron chi connectivity index (χ0n) is 14.1. The van der Waals surface area contributed by atoms with E-state index in [1.807, 2.05) is 18.2 Å². The first-order chi connectivity index (χ1) is 11.7. The second-order valence-corrected chi connectivity index (χ2v) is 6.98. The van der Waals surface area contributed by atoms with Crippen molar-refractivity contribution >= 4 is 23.3 Å². The second-order valence-electron chi connectivity index (χ2n) is 6.98. The van der Waals surface area contributed by atoms with Gasteiger partial charge in [0.1, 0.15) is 0 Å². The van der Waals surface area contributed by atoms with Gasteiger partial charge in [-0.2, -0.15) is 0 Å². The van der Waals surface area contributed by atoms with Gasteiger partial charge in [-0.1, -0.05) is 38.2 Å². The molecule has 0 atom stereocenters. The Hall–Kier alpha value is -2.04. The zero-order valence-corrected chi connectivity index (χ0v) is 14.1. The van der Waals surface area contributed by atoms with Crippen LogP contribution < -0.4 is 16.0 Å². The van der Waals surface area contributed by atoms with Gasteiger partial charge in [0.2, 0.25) is 5.91 Å². The van der Waals surface area contributed by atoms with Gasteiger partial charge < -0.3 is 16.0 Å². The monoisotopic (exact) mass is 329 g/mol. The molecule has 2 saturated carbocycles. The largest absolute Gasteiger partial charge is 0.335 e. The number of hydrogen-bond acceptors (Lipinski definition) is 2. The van der Waals surface area contributed by atoms with E-state index >= 15 is 0 Å². The molecule has 0 radical (unpaired) electrons. The van der Waals surface area contributed by atoms with E-state index in [0.717, 1.165) is 31.4 Å². The van der Waals surface area contributed by atoms with E-state index in [4.69, 9.17) is 0 Å². The van der Waals surface area contributed by atoms with Crippen LogP contribution in [-0.2, 0) is 4.79 Å². The van der Waals surface area contributed by atoms with Crippen LogP contribution in [0.2, 0.25) is 0 Å². The maximum Gasteiger partial charge on any atom is 0.319 e. The molecule has 1 aromatic carbocycles. The molecule has 1 aromatic rings. The molecule has 130 valence electrons. The quantitative estimate of drug-likeness (QED) is 0.772. The van der Waals surface area contributed by atoms with Gasteiger partial charge in [-0.15, -0.1) is 0 Å². The van der Waals surface area contributed by atoms with Gasteiger partial charge >= 0.3 is 6.03 Å². The van der Waals surface area contributed by atoms with Crippen LogP contribution >= 0.6 is 0 Å². The number of rotatable bonds is 4. The van der Waals surface area contributed by atoms with Crippen LogP contribution in [0.5, 0.6) is 0 Å². The van der Waals surface area contributed by atoms with E-state index < -0.39 is 0 Å². The minimum atomic E-state index is -0.161. The lowest BCUT2D eigenvalue weighted by molar-refractivity contribution is -0.117. The Balaban J connectivity index is 1.50. The Morgan fingerprint density at radius 3 is 2.12 bits per heavy atom. The SMILES string of the molecule is O=C(Nc1cccc(NC(=O)C2CC2)c1)NC1CCCCCCC1. The van der Waals surface area contributed by atoms with Gasteiger partial charge in [0.15, 0.2) is 0 Å². The Morgan fingerprint density at radius 2 is 1.46 bits per heavy atom. The molecular formula is C19H27N3O2. The predicted molar refractivity (Wildman–Crippen MR) is 96.1 cm³/mol. The molecule has 0 saturated heterocycles. The Bertz CT molecular complexity index is 576. The molecule has 0 bridgehead atoms. The maximum atomic E-state index is 12.2. The standard InChI is InChI=1S/C19H27N3O2/c23-18(14-11-12-14)20-16-9-6-10-17(13-16)22-19(24)21-15-7-4-2-1-3-5-8-15/h6,9-10,13-15H,1-5,7-8,11-12H2,(H,20,23)(H2,21,22,24). The number of carbonyl (C=O) groups excluding carboxylic acids is 2. The topological polar surface area (TPSA) is 70.2 Å². The summed E-state index contributed by atoms with van der Waals surface area (Å²) in [6, 6.07) is 7.43. The molecule has 5 nitrogen and oxygen atoms in total. The van der Waals surface area contributed by atoms with Gasteiger partial charge in [-0.05, 0) is 43.9 Å². The van der Waals surface area contributed by atoms with Gasteiger partial charge in [0.05, 0.1) is 0 Å². The summed E-state index contributed by atoms with van der Waals surface area (Å²) < 4.78 is 0. The maximum absolute atomic E-state index is 12.2. The summed E-state index contributed by atoms with van der Waals surface area (Å²) in [6.07, 6.45) is 10.3. The highest BCUT2D eigenvalue weighted by Gasteiger charge is 2.29. The molecule has 0 heterocycles. The van der Waals surface area contributed by atoms with Crippen molar-refractivity contribution in [1.82, 2.24) is 5.32 Å². The van der Waals surface area contributed by atoms with Crippen molar-refractivity contribution in [3.8, 4) is 0 Å². The molecule has 2 aliphatic carbocycles. The summed E-state index contributed by atoms with van der Waals surface area (Å²) in [5.41, 5.74) is 1.43. The van der Waals surface area contributed by atoms with Crippen molar-refractivity contribution < 1.29 is 9.59 Å². The van der Waals surface area contributed by atoms with E-state index in [0.29, 0.717) is 5.69 Å². The zero-order chi connectivity index (χ0) is 16.8. The molecule has 0 spiro atoms. The minimum Gasteiger partial charge on any atom is -0.335 e. The first kappa shape index (κ1) is 16.8. The van der Waals surface area contributed by atoms with E-state index in [-0.39, 0.29) is 23.9 Å². The molecular weight excluding hydrogens is 302 g/mol. The van der Waals surface area contributed by atoms with Crippen molar-refractivity contribution in [3.63, 3.8) is 0 Å². The third-order valence-corrected chi connectivity index (χ3v) is 4.78. The summed E-state index contributed by atoms with van der Waals surface area (Å²) in [4.78, 5) is 24.0. The smallest absolute Gasteiger partial charge is 0.319 e. The van der Waals surface area contributed by atoms with Crippen LogP contribution in [0, 0.1) is 5.92 Å². The van der Waals surface area contributed by atoms with Crippen LogP contribution in [0.25, 0.3) is 0 Å². The summed E-state index contributed by atoms with van der Waals surface area (Å²) in [5, 5.41) is 8.87. The van der Waals surface area contributed by atoms with E-state index in [9.17, 15) is 9.59 Å². The third kappa shape index (κ3) is 5.25. The Kier molecular flexibility index (Phi) is 5.72. The lowest BCUT2D eigenvalue weighted by Gasteiger charge is -2.21. The Morgan fingerprint density at radius 1 is 0.833 bits per heavy atom. The van der Waals surface area contributed by atoms with Crippen molar-refractivity contribution in [2.75, 3.05) is 10.6 Å². The number of nitrogens with one attached hydrogen (secondary N) is 3. The van der Waals surface area contributed by atoms with Crippen LogP contribution in [0.3, 0.4) is 0 Å². The fourth-order valence-electron chi connectivity index (χ4n) is 3.22. The summed E-state index contributed by atoms with van der Waals surface area (Å²) >= 11 is 0.